The summed E-state index contributed by atoms with van der Waals surface area (Å²) in [6.45, 7) is -0.147. The molecule has 0 fully saturated rings. The molecule has 0 aliphatic rings. The van der Waals surface area contributed by atoms with Crippen molar-refractivity contribution in [1.82, 2.24) is 0 Å². The molecule has 5 heteroatoms. The number of primary amides is 1. The summed E-state index contributed by atoms with van der Waals surface area (Å²) in [5.74, 6) is 0.676. The van der Waals surface area contributed by atoms with E-state index in [0.717, 1.165) is 4.47 Å². The lowest BCUT2D eigenvalue weighted by atomic mass is 10.3. The van der Waals surface area contributed by atoms with Gasteiger partial charge in [0.2, 0.25) is 0 Å². The number of halogens is 1. The molecule has 0 aromatic heterocycles. The summed E-state index contributed by atoms with van der Waals surface area (Å²) in [6, 6.07) is 5.23. The van der Waals surface area contributed by atoms with Crippen LogP contribution < -0.4 is 15.2 Å². The number of hydrogen-bond acceptors (Lipinski definition) is 3. The minimum Gasteiger partial charge on any atom is -0.497 e. The number of nitrogens with two attached hydrogens (primary N) is 1. The summed E-state index contributed by atoms with van der Waals surface area (Å²) in [5.41, 5.74) is 4.95. The average molecular weight is 260 g/mol. The molecule has 0 aliphatic heterocycles. The van der Waals surface area contributed by atoms with Gasteiger partial charge in [-0.1, -0.05) is 0 Å². The fourth-order valence-corrected chi connectivity index (χ4v) is 1.23. The average Bonchev–Trinajstić information content (AvgIpc) is 2.16. The highest BCUT2D eigenvalue weighted by molar-refractivity contribution is 9.10. The van der Waals surface area contributed by atoms with E-state index >= 15 is 0 Å². The van der Waals surface area contributed by atoms with Crippen molar-refractivity contribution in [3.05, 3.63) is 22.7 Å². The molecule has 76 valence electrons. The van der Waals surface area contributed by atoms with Crippen LogP contribution in [-0.4, -0.2) is 19.6 Å². The highest BCUT2D eigenvalue weighted by Gasteiger charge is 2.04. The predicted molar refractivity (Wildman–Crippen MR) is 55.4 cm³/mol. The van der Waals surface area contributed by atoms with Crippen molar-refractivity contribution in [3.63, 3.8) is 0 Å². The lowest BCUT2D eigenvalue weighted by Crippen LogP contribution is -2.20. The quantitative estimate of drug-likeness (QED) is 0.888. The predicted octanol–water partition coefficient (Wildman–Crippen LogP) is 1.32. The molecule has 1 aromatic rings. The Morgan fingerprint density at radius 3 is 2.86 bits per heavy atom. The summed E-state index contributed by atoms with van der Waals surface area (Å²) in [4.78, 5) is 10.5. The SMILES string of the molecule is COc1ccc(Br)c(OCC(N)=O)c1. The molecule has 0 bridgehead atoms. The standard InChI is InChI=1S/C9H10BrNO3/c1-13-6-2-3-7(10)8(4-6)14-5-9(11)12/h2-4H,5H2,1H3,(H2,11,12). The van der Waals surface area contributed by atoms with Crippen LogP contribution in [0, 0.1) is 0 Å². The second-order valence-electron chi connectivity index (χ2n) is 2.55. The lowest BCUT2D eigenvalue weighted by molar-refractivity contribution is -0.119. The van der Waals surface area contributed by atoms with Crippen molar-refractivity contribution in [2.24, 2.45) is 5.73 Å². The van der Waals surface area contributed by atoms with E-state index in [-0.39, 0.29) is 6.61 Å². The van der Waals surface area contributed by atoms with Crippen molar-refractivity contribution in [3.8, 4) is 11.5 Å². The first-order valence-corrected chi connectivity index (χ1v) is 4.67. The van der Waals surface area contributed by atoms with Gasteiger partial charge in [0.05, 0.1) is 11.6 Å². The van der Waals surface area contributed by atoms with Crippen LogP contribution in [0.25, 0.3) is 0 Å². The number of rotatable bonds is 4. The second kappa shape index (κ2) is 4.85. The smallest absolute Gasteiger partial charge is 0.255 e. The molecule has 1 rings (SSSR count). The zero-order valence-electron chi connectivity index (χ0n) is 7.62. The first-order chi connectivity index (χ1) is 6.63. The number of amides is 1. The van der Waals surface area contributed by atoms with Crippen LogP contribution in [0.5, 0.6) is 11.5 Å². The highest BCUT2D eigenvalue weighted by Crippen LogP contribution is 2.29. The minimum atomic E-state index is -0.514. The van der Waals surface area contributed by atoms with Crippen LogP contribution in [0.4, 0.5) is 0 Å². The van der Waals surface area contributed by atoms with Crippen LogP contribution in [0.1, 0.15) is 0 Å². The van der Waals surface area contributed by atoms with Crippen molar-refractivity contribution in [2.75, 3.05) is 13.7 Å². The molecule has 0 saturated heterocycles. The summed E-state index contributed by atoms with van der Waals surface area (Å²) in [6.07, 6.45) is 0. The van der Waals surface area contributed by atoms with E-state index in [1.807, 2.05) is 0 Å². The third-order valence-electron chi connectivity index (χ3n) is 1.51. The Bertz CT molecular complexity index is 341. The van der Waals surface area contributed by atoms with Gasteiger partial charge in [-0.25, -0.2) is 0 Å². The van der Waals surface area contributed by atoms with Gasteiger partial charge >= 0.3 is 0 Å². The van der Waals surface area contributed by atoms with Crippen molar-refractivity contribution in [2.45, 2.75) is 0 Å². The molecule has 0 atom stereocenters. The fourth-order valence-electron chi connectivity index (χ4n) is 0.870. The van der Waals surface area contributed by atoms with Crippen LogP contribution in [0.3, 0.4) is 0 Å². The van der Waals surface area contributed by atoms with Gasteiger partial charge in [0.25, 0.3) is 5.91 Å². The van der Waals surface area contributed by atoms with Crippen molar-refractivity contribution < 1.29 is 14.3 Å². The summed E-state index contributed by atoms with van der Waals surface area (Å²) in [5, 5.41) is 0. The Morgan fingerprint density at radius 2 is 2.29 bits per heavy atom. The number of carbonyl (C=O) groups is 1. The number of benzene rings is 1. The van der Waals surface area contributed by atoms with Crippen LogP contribution in [0.2, 0.25) is 0 Å². The van der Waals surface area contributed by atoms with Gasteiger partial charge < -0.3 is 15.2 Å². The van der Waals surface area contributed by atoms with E-state index in [9.17, 15) is 4.79 Å². The Labute approximate surface area is 90.1 Å². The van der Waals surface area contributed by atoms with Crippen LogP contribution in [-0.2, 0) is 4.79 Å². The van der Waals surface area contributed by atoms with Gasteiger partial charge in [-0.3, -0.25) is 4.79 Å². The molecular weight excluding hydrogens is 250 g/mol. The highest BCUT2D eigenvalue weighted by atomic mass is 79.9. The molecule has 0 spiro atoms. The molecule has 0 aliphatic carbocycles. The molecule has 0 heterocycles. The van der Waals surface area contributed by atoms with Gasteiger partial charge in [-0.05, 0) is 28.1 Å². The van der Waals surface area contributed by atoms with Gasteiger partial charge in [-0.15, -0.1) is 0 Å². The molecule has 1 amide bonds. The molecular formula is C9H10BrNO3. The van der Waals surface area contributed by atoms with E-state index < -0.39 is 5.91 Å². The van der Waals surface area contributed by atoms with Crippen molar-refractivity contribution >= 4 is 21.8 Å². The van der Waals surface area contributed by atoms with Crippen LogP contribution >= 0.6 is 15.9 Å². The molecule has 0 unspecified atom stereocenters. The minimum absolute atomic E-state index is 0.147. The van der Waals surface area contributed by atoms with Crippen molar-refractivity contribution in [1.29, 1.82) is 0 Å². The Kier molecular flexibility index (Phi) is 3.76. The summed E-state index contributed by atoms with van der Waals surface area (Å²) >= 11 is 3.28. The van der Waals surface area contributed by atoms with Gasteiger partial charge in [0, 0.05) is 6.07 Å². The zero-order valence-corrected chi connectivity index (χ0v) is 9.21. The van der Waals surface area contributed by atoms with E-state index in [1.54, 1.807) is 25.3 Å². The maximum Gasteiger partial charge on any atom is 0.255 e. The largest absolute Gasteiger partial charge is 0.497 e. The normalized spacial score (nSPS) is 9.57. The Morgan fingerprint density at radius 1 is 1.57 bits per heavy atom. The molecule has 2 N–H and O–H groups in total. The van der Waals surface area contributed by atoms with Gasteiger partial charge in [-0.2, -0.15) is 0 Å². The summed E-state index contributed by atoms with van der Waals surface area (Å²) < 4.78 is 10.9. The third-order valence-corrected chi connectivity index (χ3v) is 2.16. The number of hydrogen-bond donors (Lipinski definition) is 1. The van der Waals surface area contributed by atoms with E-state index in [0.29, 0.717) is 11.5 Å². The topological polar surface area (TPSA) is 61.6 Å². The number of carbonyl (C=O) groups excluding carboxylic acids is 1. The molecule has 4 nitrogen and oxygen atoms in total. The first-order valence-electron chi connectivity index (χ1n) is 3.88. The lowest BCUT2D eigenvalue weighted by Gasteiger charge is -2.07. The maximum atomic E-state index is 10.5. The first kappa shape index (κ1) is 10.8. The molecule has 0 saturated carbocycles. The van der Waals surface area contributed by atoms with E-state index in [4.69, 9.17) is 15.2 Å². The maximum absolute atomic E-state index is 10.5. The zero-order chi connectivity index (χ0) is 10.6. The van der Waals surface area contributed by atoms with Gasteiger partial charge in [0.1, 0.15) is 11.5 Å². The number of ether oxygens (including phenoxy) is 2. The third kappa shape index (κ3) is 2.92. The Balaban J connectivity index is 2.78. The fraction of sp³-hybridized carbons (Fsp3) is 0.222. The Hall–Kier alpha value is -1.23. The monoisotopic (exact) mass is 259 g/mol. The number of methoxy groups -OCH3 is 1. The second-order valence-corrected chi connectivity index (χ2v) is 3.41. The van der Waals surface area contributed by atoms with E-state index in [2.05, 4.69) is 15.9 Å². The van der Waals surface area contributed by atoms with Gasteiger partial charge in [0.15, 0.2) is 6.61 Å². The molecule has 14 heavy (non-hydrogen) atoms. The summed E-state index contributed by atoms with van der Waals surface area (Å²) in [7, 11) is 1.56. The molecule has 1 aromatic carbocycles. The van der Waals surface area contributed by atoms with E-state index in [1.165, 1.54) is 0 Å². The molecule has 0 radical (unpaired) electrons. The van der Waals surface area contributed by atoms with Crippen LogP contribution in [0.15, 0.2) is 22.7 Å².